The number of carboxylic acids is 1. The summed E-state index contributed by atoms with van der Waals surface area (Å²) in [5.74, 6) is -1.82. The predicted molar refractivity (Wildman–Crippen MR) is 144 cm³/mol. The number of amides is 2. The first-order valence-electron chi connectivity index (χ1n) is 12.6. The number of aryl methyl sites for hydroxylation is 1. The average Bonchev–Trinajstić information content (AvgIpc) is 3.56. The summed E-state index contributed by atoms with van der Waals surface area (Å²) in [5.41, 5.74) is 2.59. The Bertz CT molecular complexity index is 1330. The summed E-state index contributed by atoms with van der Waals surface area (Å²) < 4.78 is 1.52. The molecule has 1 saturated carbocycles. The molecule has 0 unspecified atom stereocenters. The number of carbonyl (C=O) groups excluding carboxylic acids is 2. The Morgan fingerprint density at radius 3 is 2.42 bits per heavy atom. The number of aromatic amines is 1. The van der Waals surface area contributed by atoms with E-state index >= 15 is 0 Å². The number of carboxylic acid groups (broad SMARTS) is 1. The van der Waals surface area contributed by atoms with Crippen LogP contribution < -0.4 is 10.6 Å². The van der Waals surface area contributed by atoms with E-state index in [9.17, 15) is 19.5 Å². The molecular weight excluding hydrogens is 484 g/mol. The Labute approximate surface area is 220 Å². The second-order valence-electron chi connectivity index (χ2n) is 9.42. The molecule has 2 heterocycles. The monoisotopic (exact) mass is 516 g/mol. The Kier molecular flexibility index (Phi) is 8.20. The first-order valence-corrected chi connectivity index (χ1v) is 12.6. The van der Waals surface area contributed by atoms with Crippen LogP contribution in [0.15, 0.2) is 61.8 Å². The van der Waals surface area contributed by atoms with Crippen molar-refractivity contribution in [2.75, 3.05) is 5.32 Å². The van der Waals surface area contributed by atoms with E-state index in [0.29, 0.717) is 28.2 Å². The zero-order valence-electron chi connectivity index (χ0n) is 21.3. The van der Waals surface area contributed by atoms with Gasteiger partial charge in [-0.15, -0.1) is 13.2 Å². The minimum absolute atomic E-state index is 0.00431. The molecule has 4 rings (SSSR count). The lowest BCUT2D eigenvalue weighted by Gasteiger charge is -2.30. The number of anilines is 1. The number of rotatable bonds is 10. The van der Waals surface area contributed by atoms with Gasteiger partial charge in [0, 0.05) is 23.1 Å². The van der Waals surface area contributed by atoms with Gasteiger partial charge >= 0.3 is 5.97 Å². The lowest BCUT2D eigenvalue weighted by atomic mass is 9.83. The number of nitrogens with one attached hydrogen (secondary N) is 3. The number of H-pyrrole nitrogens is 1. The van der Waals surface area contributed by atoms with E-state index in [0.717, 1.165) is 32.1 Å². The van der Waals surface area contributed by atoms with Gasteiger partial charge in [0.2, 0.25) is 5.91 Å². The van der Waals surface area contributed by atoms with Crippen LogP contribution in [-0.2, 0) is 4.79 Å². The van der Waals surface area contributed by atoms with Crippen LogP contribution in [0.25, 0.3) is 11.1 Å². The van der Waals surface area contributed by atoms with Crippen LogP contribution in [0.3, 0.4) is 0 Å². The quantitative estimate of drug-likeness (QED) is 0.292. The van der Waals surface area contributed by atoms with Gasteiger partial charge in [-0.25, -0.2) is 9.48 Å². The fourth-order valence-electron chi connectivity index (χ4n) is 4.99. The van der Waals surface area contributed by atoms with Crippen molar-refractivity contribution in [2.24, 2.45) is 5.92 Å². The number of hydrogen-bond donors (Lipinski definition) is 4. The van der Waals surface area contributed by atoms with Crippen LogP contribution in [0, 0.1) is 12.8 Å². The van der Waals surface area contributed by atoms with Gasteiger partial charge in [-0.05, 0) is 49.4 Å². The maximum Gasteiger partial charge on any atom is 0.357 e. The molecule has 0 bridgehead atoms. The maximum absolute atomic E-state index is 13.5. The van der Waals surface area contributed by atoms with Gasteiger partial charge in [0.05, 0.1) is 6.04 Å². The molecule has 0 spiro atoms. The number of benzene rings is 1. The molecule has 1 aliphatic carbocycles. The molecule has 0 aliphatic heterocycles. The molecular formula is C28H32N6O4. The molecule has 2 amide bonds. The molecule has 3 aromatic rings. The second-order valence-corrected chi connectivity index (χ2v) is 9.42. The fraction of sp³-hybridized carbons (Fsp3) is 0.321. The van der Waals surface area contributed by atoms with Crippen molar-refractivity contribution in [3.8, 4) is 11.1 Å². The van der Waals surface area contributed by atoms with Crippen LogP contribution in [-0.4, -0.2) is 48.9 Å². The van der Waals surface area contributed by atoms with Crippen LogP contribution >= 0.6 is 0 Å². The zero-order chi connectivity index (χ0) is 27.2. The number of hydrogen-bond acceptors (Lipinski definition) is 5. The third kappa shape index (κ3) is 5.59. The molecule has 1 aliphatic rings. The molecule has 10 nitrogen and oxygen atoms in total. The van der Waals surface area contributed by atoms with Crippen LogP contribution in [0.5, 0.6) is 0 Å². The molecule has 1 aromatic carbocycles. The minimum Gasteiger partial charge on any atom is -0.476 e. The topological polar surface area (TPSA) is 142 Å². The fourth-order valence-corrected chi connectivity index (χ4v) is 4.99. The average molecular weight is 517 g/mol. The Balaban J connectivity index is 1.54. The van der Waals surface area contributed by atoms with E-state index < -0.39 is 17.9 Å². The molecule has 0 saturated heterocycles. The maximum atomic E-state index is 13.5. The summed E-state index contributed by atoms with van der Waals surface area (Å²) in [5, 5.41) is 26.1. The summed E-state index contributed by atoms with van der Waals surface area (Å²) >= 11 is 0. The minimum atomic E-state index is -1.12. The highest BCUT2D eigenvalue weighted by Gasteiger charge is 2.32. The summed E-state index contributed by atoms with van der Waals surface area (Å²) in [6.07, 6.45) is 9.60. The van der Waals surface area contributed by atoms with Crippen molar-refractivity contribution in [2.45, 2.75) is 51.1 Å². The lowest BCUT2D eigenvalue weighted by molar-refractivity contribution is -0.119. The second kappa shape index (κ2) is 11.7. The Hall–Kier alpha value is -4.47. The van der Waals surface area contributed by atoms with E-state index in [1.807, 2.05) is 0 Å². The van der Waals surface area contributed by atoms with Crippen molar-refractivity contribution in [3.63, 3.8) is 0 Å². The third-order valence-corrected chi connectivity index (χ3v) is 6.95. The van der Waals surface area contributed by atoms with Gasteiger partial charge in [-0.2, -0.15) is 10.2 Å². The standard InChI is InChI=1S/C28H32N6O4/c1-4-21(5-2)34-22(15-16-29-34)26(35)31-24(19-9-7-6-8-10-19)27(36)30-20-13-11-18(12-14-20)23-17(3)32-33-25(23)28(37)38/h4-5,11-16,19,21,24H,1-2,6-10H2,3H3,(H,30,36)(H,31,35)(H,32,33)(H,37,38)/t24-/m0/s1. The summed E-state index contributed by atoms with van der Waals surface area (Å²) in [4.78, 5) is 38.3. The molecule has 10 heteroatoms. The normalized spacial score (nSPS) is 14.6. The van der Waals surface area contributed by atoms with Crippen molar-refractivity contribution in [3.05, 3.63) is 78.9 Å². The van der Waals surface area contributed by atoms with Crippen molar-refractivity contribution >= 4 is 23.5 Å². The van der Waals surface area contributed by atoms with Crippen molar-refractivity contribution in [1.29, 1.82) is 0 Å². The highest BCUT2D eigenvalue weighted by molar-refractivity contribution is 6.01. The highest BCUT2D eigenvalue weighted by atomic mass is 16.4. The Morgan fingerprint density at radius 2 is 1.79 bits per heavy atom. The predicted octanol–water partition coefficient (Wildman–Crippen LogP) is 4.51. The SMILES string of the molecule is C=CC(C=C)n1nccc1C(=O)N[C@H](C(=O)Nc1ccc(-c2c(C(=O)O)n[nH]c2C)cc1)C1CCCCC1. The van der Waals surface area contributed by atoms with E-state index in [1.54, 1.807) is 49.4 Å². The zero-order valence-corrected chi connectivity index (χ0v) is 21.3. The molecule has 4 N–H and O–H groups in total. The van der Waals surface area contributed by atoms with E-state index in [-0.39, 0.29) is 23.6 Å². The van der Waals surface area contributed by atoms with E-state index in [2.05, 4.69) is 39.1 Å². The summed E-state index contributed by atoms with van der Waals surface area (Å²) in [6, 6.07) is 7.40. The van der Waals surface area contributed by atoms with Gasteiger partial charge < -0.3 is 15.7 Å². The number of aromatic carboxylic acids is 1. The van der Waals surface area contributed by atoms with Gasteiger partial charge in [0.15, 0.2) is 5.69 Å². The first-order chi connectivity index (χ1) is 18.3. The van der Waals surface area contributed by atoms with Gasteiger partial charge in [0.25, 0.3) is 5.91 Å². The number of aromatic nitrogens is 4. The summed E-state index contributed by atoms with van der Waals surface area (Å²) in [7, 11) is 0. The number of allylic oxidation sites excluding steroid dienone is 2. The largest absolute Gasteiger partial charge is 0.476 e. The lowest BCUT2D eigenvalue weighted by Crippen LogP contribution is -2.49. The van der Waals surface area contributed by atoms with Crippen LogP contribution in [0.2, 0.25) is 0 Å². The molecule has 1 fully saturated rings. The summed E-state index contributed by atoms with van der Waals surface area (Å²) in [6.45, 7) is 9.30. The molecule has 0 radical (unpaired) electrons. The molecule has 1 atom stereocenters. The smallest absolute Gasteiger partial charge is 0.357 e. The molecule has 2 aromatic heterocycles. The highest BCUT2D eigenvalue weighted by Crippen LogP contribution is 2.29. The molecule has 38 heavy (non-hydrogen) atoms. The van der Waals surface area contributed by atoms with E-state index in [4.69, 9.17) is 0 Å². The number of nitrogens with zero attached hydrogens (tertiary/aromatic N) is 3. The number of carbonyl (C=O) groups is 3. The third-order valence-electron chi connectivity index (χ3n) is 6.95. The van der Waals surface area contributed by atoms with Crippen LogP contribution in [0.4, 0.5) is 5.69 Å². The first kappa shape index (κ1) is 26.6. The van der Waals surface area contributed by atoms with Gasteiger partial charge in [-0.1, -0.05) is 43.5 Å². The van der Waals surface area contributed by atoms with Gasteiger partial charge in [0.1, 0.15) is 11.7 Å². The van der Waals surface area contributed by atoms with Crippen molar-refractivity contribution in [1.82, 2.24) is 25.3 Å². The van der Waals surface area contributed by atoms with Crippen LogP contribution in [0.1, 0.15) is 64.8 Å². The van der Waals surface area contributed by atoms with Crippen molar-refractivity contribution < 1.29 is 19.5 Å². The van der Waals surface area contributed by atoms with E-state index in [1.165, 1.54) is 10.9 Å². The molecule has 198 valence electrons. The Morgan fingerprint density at radius 1 is 1.11 bits per heavy atom. The van der Waals surface area contributed by atoms with Gasteiger partial charge in [-0.3, -0.25) is 14.7 Å².